The fourth-order valence-electron chi connectivity index (χ4n) is 4.51. The highest BCUT2D eigenvalue weighted by Gasteiger charge is 2.31. The van der Waals surface area contributed by atoms with Gasteiger partial charge in [0, 0.05) is 41.8 Å². The van der Waals surface area contributed by atoms with Crippen molar-refractivity contribution in [1.29, 1.82) is 0 Å². The molecule has 1 atom stereocenters. The summed E-state index contributed by atoms with van der Waals surface area (Å²) in [6.07, 6.45) is 6.35. The van der Waals surface area contributed by atoms with Crippen molar-refractivity contribution < 1.29 is 14.3 Å². The van der Waals surface area contributed by atoms with E-state index in [0.29, 0.717) is 41.7 Å². The van der Waals surface area contributed by atoms with Gasteiger partial charge in [-0.05, 0) is 74.2 Å². The van der Waals surface area contributed by atoms with E-state index < -0.39 is 5.91 Å². The number of aromatic nitrogens is 4. The number of aryl methyl sites for hydroxylation is 1. The summed E-state index contributed by atoms with van der Waals surface area (Å²) in [7, 11) is 0. The van der Waals surface area contributed by atoms with Gasteiger partial charge in [0.2, 0.25) is 11.8 Å². The Morgan fingerprint density at radius 2 is 1.78 bits per heavy atom. The maximum absolute atomic E-state index is 13.5. The Bertz CT molecular complexity index is 1380. The highest BCUT2D eigenvalue weighted by atomic mass is 16.5. The van der Waals surface area contributed by atoms with Crippen LogP contribution in [0, 0.1) is 6.92 Å². The molecule has 1 fully saturated rings. The van der Waals surface area contributed by atoms with Crippen LogP contribution in [0.25, 0.3) is 0 Å². The molecule has 5 rings (SSSR count). The summed E-state index contributed by atoms with van der Waals surface area (Å²) in [5.41, 5.74) is 8.17. The third-order valence-corrected chi connectivity index (χ3v) is 6.38. The average molecular weight is 497 g/mol. The quantitative estimate of drug-likeness (QED) is 0.408. The molecule has 1 saturated heterocycles. The first-order valence-electron chi connectivity index (χ1n) is 12.3. The minimum Gasteiger partial charge on any atom is -0.439 e. The van der Waals surface area contributed by atoms with Crippen molar-refractivity contribution >= 4 is 11.8 Å². The lowest BCUT2D eigenvalue weighted by Crippen LogP contribution is -2.39. The lowest BCUT2D eigenvalue weighted by Gasteiger charge is -2.35. The lowest BCUT2D eigenvalue weighted by molar-refractivity contribution is 0.0598. The van der Waals surface area contributed by atoms with Crippen molar-refractivity contribution in [2.24, 2.45) is 5.73 Å². The van der Waals surface area contributed by atoms with Crippen molar-refractivity contribution in [3.8, 4) is 11.6 Å². The largest absolute Gasteiger partial charge is 0.439 e. The highest BCUT2D eigenvalue weighted by Crippen LogP contribution is 2.32. The fraction of sp³-hybridized carbons (Fsp3) is 0.250. The molecule has 9 heteroatoms. The second-order valence-corrected chi connectivity index (χ2v) is 9.11. The van der Waals surface area contributed by atoms with Crippen molar-refractivity contribution in [2.75, 3.05) is 6.54 Å². The molecule has 3 heterocycles. The zero-order valence-electron chi connectivity index (χ0n) is 20.6. The fourth-order valence-corrected chi connectivity index (χ4v) is 4.51. The van der Waals surface area contributed by atoms with E-state index in [-0.39, 0.29) is 11.9 Å². The van der Waals surface area contributed by atoms with Crippen molar-refractivity contribution in [3.05, 3.63) is 101 Å². The summed E-state index contributed by atoms with van der Waals surface area (Å²) in [4.78, 5) is 36.1. The van der Waals surface area contributed by atoms with Crippen LogP contribution in [0.2, 0.25) is 0 Å². The number of hydrogen-bond acceptors (Lipinski definition) is 6. The number of benzene rings is 2. The molecular weight excluding hydrogens is 468 g/mol. The van der Waals surface area contributed by atoms with Gasteiger partial charge in [0.15, 0.2) is 5.82 Å². The summed E-state index contributed by atoms with van der Waals surface area (Å²) in [5.74, 6) is 0.939. The molecule has 2 aromatic heterocycles. The van der Waals surface area contributed by atoms with Crippen LogP contribution >= 0.6 is 0 Å². The van der Waals surface area contributed by atoms with E-state index in [0.717, 1.165) is 30.5 Å². The van der Waals surface area contributed by atoms with Gasteiger partial charge in [0.1, 0.15) is 5.75 Å². The molecule has 9 nitrogen and oxygen atoms in total. The minimum absolute atomic E-state index is 0.0371. The number of nitrogens with zero attached hydrogens (tertiary/aromatic N) is 5. The van der Waals surface area contributed by atoms with E-state index in [4.69, 9.17) is 10.5 Å². The van der Waals surface area contributed by atoms with Crippen LogP contribution in [0.1, 0.15) is 63.1 Å². The predicted octanol–water partition coefficient (Wildman–Crippen LogP) is 4.29. The van der Waals surface area contributed by atoms with E-state index in [1.807, 2.05) is 53.0 Å². The van der Waals surface area contributed by atoms with Crippen LogP contribution in [-0.4, -0.2) is 43.0 Å². The van der Waals surface area contributed by atoms with Crippen LogP contribution in [0.3, 0.4) is 0 Å². The Labute approximate surface area is 214 Å². The first kappa shape index (κ1) is 24.2. The molecule has 0 spiro atoms. The summed E-state index contributed by atoms with van der Waals surface area (Å²) >= 11 is 0. The molecule has 0 aliphatic carbocycles. The van der Waals surface area contributed by atoms with Crippen molar-refractivity contribution in [1.82, 2.24) is 24.6 Å². The number of amides is 2. The topological polar surface area (TPSA) is 116 Å². The summed E-state index contributed by atoms with van der Waals surface area (Å²) in [6, 6.07) is 17.6. The van der Waals surface area contributed by atoms with Gasteiger partial charge < -0.3 is 15.4 Å². The van der Waals surface area contributed by atoms with Crippen LogP contribution in [0.5, 0.6) is 11.6 Å². The standard InChI is InChI=1S/C28H28N6O3/c1-19-17-25(37-23-12-10-21(11-13-23)26(29)35)32-27(31-19)24-5-2-3-16-34(24)28(36)22-8-6-20(7-9-22)18-33-15-4-14-30-33/h4,6-15,17,24H,2-3,5,16,18H2,1H3,(H2,29,35)/t24-/m0/s1. The smallest absolute Gasteiger partial charge is 0.254 e. The van der Waals surface area contributed by atoms with Crippen molar-refractivity contribution in [2.45, 2.75) is 38.8 Å². The molecule has 188 valence electrons. The molecular formula is C28H28N6O3. The van der Waals surface area contributed by atoms with E-state index in [9.17, 15) is 9.59 Å². The Morgan fingerprint density at radius 3 is 2.49 bits per heavy atom. The Kier molecular flexibility index (Phi) is 6.93. The summed E-state index contributed by atoms with van der Waals surface area (Å²) in [6.45, 7) is 3.17. The molecule has 2 aromatic carbocycles. The number of carbonyl (C=O) groups is 2. The van der Waals surface area contributed by atoms with Crippen LogP contribution in [0.15, 0.2) is 73.1 Å². The predicted molar refractivity (Wildman–Crippen MR) is 137 cm³/mol. The van der Waals surface area contributed by atoms with Gasteiger partial charge in [0.05, 0.1) is 12.6 Å². The Balaban J connectivity index is 1.34. The van der Waals surface area contributed by atoms with Gasteiger partial charge >= 0.3 is 0 Å². The number of likely N-dealkylation sites (tertiary alicyclic amines) is 1. The molecule has 4 aromatic rings. The Morgan fingerprint density at radius 1 is 1.03 bits per heavy atom. The zero-order chi connectivity index (χ0) is 25.8. The summed E-state index contributed by atoms with van der Waals surface area (Å²) in [5, 5.41) is 4.24. The lowest BCUT2D eigenvalue weighted by atomic mass is 9.99. The summed E-state index contributed by atoms with van der Waals surface area (Å²) < 4.78 is 7.79. The first-order chi connectivity index (χ1) is 18.0. The number of carbonyl (C=O) groups excluding carboxylic acids is 2. The second-order valence-electron chi connectivity index (χ2n) is 9.11. The van der Waals surface area contributed by atoms with E-state index in [2.05, 4.69) is 15.1 Å². The molecule has 2 N–H and O–H groups in total. The number of hydrogen-bond donors (Lipinski definition) is 1. The number of nitrogens with two attached hydrogens (primary N) is 1. The van der Waals surface area contributed by atoms with Gasteiger partial charge in [-0.1, -0.05) is 12.1 Å². The van der Waals surface area contributed by atoms with Crippen molar-refractivity contribution in [3.63, 3.8) is 0 Å². The van der Waals surface area contributed by atoms with Gasteiger partial charge in [-0.3, -0.25) is 14.3 Å². The number of rotatable bonds is 7. The molecule has 1 aliphatic rings. The van der Waals surface area contributed by atoms with Crippen LogP contribution in [0.4, 0.5) is 0 Å². The first-order valence-corrected chi connectivity index (χ1v) is 12.3. The van der Waals surface area contributed by atoms with Gasteiger partial charge in [-0.15, -0.1) is 0 Å². The number of ether oxygens (including phenoxy) is 1. The monoisotopic (exact) mass is 496 g/mol. The van der Waals surface area contributed by atoms with E-state index in [1.54, 1.807) is 36.5 Å². The molecule has 0 unspecified atom stereocenters. The molecule has 2 amide bonds. The van der Waals surface area contributed by atoms with Crippen LogP contribution < -0.4 is 10.5 Å². The zero-order valence-corrected chi connectivity index (χ0v) is 20.6. The van der Waals surface area contributed by atoms with Gasteiger partial charge in [-0.25, -0.2) is 4.98 Å². The van der Waals surface area contributed by atoms with Gasteiger partial charge in [0.25, 0.3) is 5.91 Å². The van der Waals surface area contributed by atoms with Gasteiger partial charge in [-0.2, -0.15) is 10.1 Å². The third-order valence-electron chi connectivity index (χ3n) is 6.38. The highest BCUT2D eigenvalue weighted by molar-refractivity contribution is 5.94. The molecule has 0 saturated carbocycles. The Hall–Kier alpha value is -4.53. The van der Waals surface area contributed by atoms with E-state index >= 15 is 0 Å². The minimum atomic E-state index is -0.499. The van der Waals surface area contributed by atoms with Crippen LogP contribution in [-0.2, 0) is 6.54 Å². The average Bonchev–Trinajstić information content (AvgIpc) is 3.42. The normalized spacial score (nSPS) is 15.4. The molecule has 37 heavy (non-hydrogen) atoms. The third kappa shape index (κ3) is 5.66. The molecule has 0 radical (unpaired) electrons. The number of primary amides is 1. The maximum Gasteiger partial charge on any atom is 0.254 e. The molecule has 0 bridgehead atoms. The maximum atomic E-state index is 13.5. The SMILES string of the molecule is Cc1cc(Oc2ccc(C(N)=O)cc2)nc([C@@H]2CCCCN2C(=O)c2ccc(Cn3cccn3)cc2)n1. The second kappa shape index (κ2) is 10.6. The van der Waals surface area contributed by atoms with E-state index in [1.165, 1.54) is 0 Å². The number of piperidine rings is 1. The molecule has 1 aliphatic heterocycles.